The third-order valence-electron chi connectivity index (χ3n) is 7.52. The van der Waals surface area contributed by atoms with E-state index in [2.05, 4.69) is 25.9 Å². The van der Waals surface area contributed by atoms with Crippen LogP contribution in [-0.2, 0) is 14.6 Å². The molecule has 1 atom stereocenters. The lowest BCUT2D eigenvalue weighted by molar-refractivity contribution is -0.121. The van der Waals surface area contributed by atoms with Crippen molar-refractivity contribution >= 4 is 56.0 Å². The largest absolute Gasteiger partial charge is 0.379 e. The summed E-state index contributed by atoms with van der Waals surface area (Å²) in [6.45, 7) is 0. The van der Waals surface area contributed by atoms with Crippen LogP contribution < -0.4 is 21.7 Å². The summed E-state index contributed by atoms with van der Waals surface area (Å²) in [5.41, 5.74) is 8.13. The van der Waals surface area contributed by atoms with Gasteiger partial charge < -0.3 is 21.7 Å². The Balaban J connectivity index is 1.24. The molecule has 0 unspecified atom stereocenters. The number of Topliss-reactive ketones (excluding diaryl/α,β-unsaturated/α-hetero) is 1. The highest BCUT2D eigenvalue weighted by Crippen LogP contribution is 2.32. The van der Waals surface area contributed by atoms with Gasteiger partial charge in [0.2, 0.25) is 0 Å². The summed E-state index contributed by atoms with van der Waals surface area (Å²) >= 11 is 5.96. The number of fused-ring (bicyclic) bond motifs is 1. The first-order chi connectivity index (χ1) is 19.5. The van der Waals surface area contributed by atoms with Crippen LogP contribution in [-0.4, -0.2) is 69.8 Å². The molecule has 41 heavy (non-hydrogen) atoms. The fourth-order valence-corrected chi connectivity index (χ4v) is 5.94. The molecule has 2 saturated carbocycles. The molecule has 14 heteroatoms. The van der Waals surface area contributed by atoms with Crippen LogP contribution in [0, 0.1) is 5.92 Å². The Kier molecular flexibility index (Phi) is 8.76. The molecule has 0 aromatic carbocycles. The Labute approximate surface area is 243 Å². The molecule has 3 aromatic rings. The molecule has 12 nitrogen and oxygen atoms in total. The second-order valence-corrected chi connectivity index (χ2v) is 13.8. The van der Waals surface area contributed by atoms with Gasteiger partial charge in [0, 0.05) is 42.7 Å². The van der Waals surface area contributed by atoms with Crippen molar-refractivity contribution in [2.75, 3.05) is 28.0 Å². The number of nitrogens with zero attached hydrogens (tertiary/aromatic N) is 4. The third kappa shape index (κ3) is 7.92. The standard InChI is InChI=1S/C27H35ClN8O4S/c1-41(39,40)11-9-20(29)23(37)12-16-2-4-18(5-3-16)33-25-14-21(32-17-6-7-17)26-31-15-22(36(26)35-25)27(38)34-19-8-10-30-24(28)13-19/h8,10,13-18,20,32H,2-7,9,11-12,29H2,1H3,(H,33,35)(H,30,34,38)/t16?,18?,20-/m0/s1. The number of hydrogen-bond acceptors (Lipinski definition) is 10. The first-order valence-electron chi connectivity index (χ1n) is 13.8. The van der Waals surface area contributed by atoms with Crippen LogP contribution >= 0.6 is 11.6 Å². The molecule has 2 aliphatic rings. The maximum atomic E-state index is 13.1. The smallest absolute Gasteiger partial charge is 0.276 e. The van der Waals surface area contributed by atoms with E-state index in [1.54, 1.807) is 16.6 Å². The second kappa shape index (κ2) is 12.3. The molecule has 2 aliphatic carbocycles. The van der Waals surface area contributed by atoms with E-state index in [0.717, 1.165) is 50.5 Å². The number of pyridine rings is 1. The van der Waals surface area contributed by atoms with Gasteiger partial charge in [-0.25, -0.2) is 22.9 Å². The normalized spacial score (nSPS) is 20.0. The van der Waals surface area contributed by atoms with Crippen LogP contribution in [0.15, 0.2) is 30.6 Å². The molecule has 220 valence electrons. The van der Waals surface area contributed by atoms with E-state index in [1.807, 2.05) is 6.07 Å². The summed E-state index contributed by atoms with van der Waals surface area (Å²) in [4.78, 5) is 34.1. The van der Waals surface area contributed by atoms with Gasteiger partial charge in [-0.1, -0.05) is 11.6 Å². The van der Waals surface area contributed by atoms with Crippen LogP contribution in [0.25, 0.3) is 5.65 Å². The summed E-state index contributed by atoms with van der Waals surface area (Å²) in [7, 11) is -3.15. The number of imidazole rings is 1. The highest BCUT2D eigenvalue weighted by molar-refractivity contribution is 7.90. The first-order valence-corrected chi connectivity index (χ1v) is 16.3. The number of nitrogens with two attached hydrogens (primary N) is 1. The molecule has 1 amide bonds. The van der Waals surface area contributed by atoms with Crippen LogP contribution in [0.3, 0.4) is 0 Å². The van der Waals surface area contributed by atoms with E-state index < -0.39 is 15.9 Å². The van der Waals surface area contributed by atoms with Crippen molar-refractivity contribution in [1.29, 1.82) is 0 Å². The van der Waals surface area contributed by atoms with Gasteiger partial charge in [0.15, 0.2) is 11.3 Å². The summed E-state index contributed by atoms with van der Waals surface area (Å²) in [6.07, 6.45) is 10.3. The van der Waals surface area contributed by atoms with E-state index in [9.17, 15) is 18.0 Å². The first kappa shape index (κ1) is 29.2. The Morgan fingerprint density at radius 1 is 1.10 bits per heavy atom. The molecular formula is C27H35ClN8O4S. The van der Waals surface area contributed by atoms with E-state index in [0.29, 0.717) is 29.6 Å². The van der Waals surface area contributed by atoms with Crippen molar-refractivity contribution in [2.24, 2.45) is 11.7 Å². The van der Waals surface area contributed by atoms with Crippen molar-refractivity contribution in [3.8, 4) is 0 Å². The summed E-state index contributed by atoms with van der Waals surface area (Å²) in [6, 6.07) is 4.93. The minimum atomic E-state index is -3.15. The number of aromatic nitrogens is 4. The van der Waals surface area contributed by atoms with Gasteiger partial charge in [0.05, 0.1) is 23.7 Å². The van der Waals surface area contributed by atoms with Crippen LogP contribution in [0.4, 0.5) is 17.2 Å². The van der Waals surface area contributed by atoms with Gasteiger partial charge in [-0.3, -0.25) is 9.59 Å². The molecule has 0 spiro atoms. The predicted octanol–water partition coefficient (Wildman–Crippen LogP) is 3.30. The van der Waals surface area contributed by atoms with E-state index in [-0.39, 0.29) is 46.7 Å². The zero-order valence-corrected chi connectivity index (χ0v) is 24.4. The number of amides is 1. The lowest BCUT2D eigenvalue weighted by Gasteiger charge is -2.29. The molecular weight excluding hydrogens is 568 g/mol. The van der Waals surface area contributed by atoms with E-state index in [4.69, 9.17) is 22.4 Å². The average molecular weight is 603 g/mol. The fourth-order valence-electron chi connectivity index (χ4n) is 5.08. The number of rotatable bonds is 12. The highest BCUT2D eigenvalue weighted by atomic mass is 35.5. The van der Waals surface area contributed by atoms with Gasteiger partial charge in [-0.05, 0) is 63.0 Å². The Morgan fingerprint density at radius 2 is 1.80 bits per heavy atom. The summed E-state index contributed by atoms with van der Waals surface area (Å²) in [5.74, 6) is 0.318. The highest BCUT2D eigenvalue weighted by Gasteiger charge is 2.27. The molecule has 3 aromatic heterocycles. The molecule has 0 aliphatic heterocycles. The number of sulfone groups is 1. The van der Waals surface area contributed by atoms with Gasteiger partial charge in [-0.15, -0.1) is 5.10 Å². The van der Waals surface area contributed by atoms with Crippen molar-refractivity contribution in [2.45, 2.75) is 69.5 Å². The molecule has 5 N–H and O–H groups in total. The topological polar surface area (TPSA) is 173 Å². The molecule has 3 heterocycles. The zero-order valence-electron chi connectivity index (χ0n) is 22.8. The van der Waals surface area contributed by atoms with Crippen molar-refractivity contribution in [1.82, 2.24) is 19.6 Å². The molecule has 0 bridgehead atoms. The van der Waals surface area contributed by atoms with Gasteiger partial charge >= 0.3 is 0 Å². The number of ketones is 1. The Morgan fingerprint density at radius 3 is 2.49 bits per heavy atom. The lowest BCUT2D eigenvalue weighted by Crippen LogP contribution is -2.35. The Bertz CT molecular complexity index is 1530. The molecule has 2 fully saturated rings. The average Bonchev–Trinajstić information content (AvgIpc) is 3.63. The number of hydrogen-bond donors (Lipinski definition) is 4. The fraction of sp³-hybridized carbons (Fsp3) is 0.519. The van der Waals surface area contributed by atoms with E-state index >= 15 is 0 Å². The van der Waals surface area contributed by atoms with Crippen molar-refractivity contribution in [3.05, 3.63) is 41.4 Å². The lowest BCUT2D eigenvalue weighted by atomic mass is 9.82. The molecule has 0 radical (unpaired) electrons. The third-order valence-corrected chi connectivity index (χ3v) is 8.71. The molecule has 0 saturated heterocycles. The number of carbonyl (C=O) groups is 2. The number of halogens is 1. The monoisotopic (exact) mass is 602 g/mol. The SMILES string of the molecule is CS(=O)(=O)CC[C@H](N)C(=O)CC1CCC(Nc2cc(NC3CC3)c3ncc(C(=O)Nc4ccnc(Cl)c4)n3n2)CC1. The van der Waals surface area contributed by atoms with Crippen LogP contribution in [0.1, 0.15) is 61.9 Å². The van der Waals surface area contributed by atoms with E-state index in [1.165, 1.54) is 12.4 Å². The maximum Gasteiger partial charge on any atom is 0.276 e. The van der Waals surface area contributed by atoms with Crippen molar-refractivity contribution in [3.63, 3.8) is 0 Å². The number of nitrogens with one attached hydrogen (secondary N) is 3. The van der Waals surface area contributed by atoms with Crippen LogP contribution in [0.5, 0.6) is 0 Å². The predicted molar refractivity (Wildman–Crippen MR) is 158 cm³/mol. The maximum absolute atomic E-state index is 13.1. The minimum Gasteiger partial charge on any atom is -0.379 e. The summed E-state index contributed by atoms with van der Waals surface area (Å²) in [5, 5.41) is 14.8. The van der Waals surface area contributed by atoms with Crippen molar-refractivity contribution < 1.29 is 18.0 Å². The van der Waals surface area contributed by atoms with Gasteiger partial charge in [-0.2, -0.15) is 0 Å². The number of anilines is 3. The van der Waals surface area contributed by atoms with Gasteiger partial charge in [0.25, 0.3) is 5.91 Å². The second-order valence-electron chi connectivity index (χ2n) is 11.1. The quantitative estimate of drug-likeness (QED) is 0.225. The Hall–Kier alpha value is -3.29. The zero-order chi connectivity index (χ0) is 29.1. The summed E-state index contributed by atoms with van der Waals surface area (Å²) < 4.78 is 24.3. The van der Waals surface area contributed by atoms with Gasteiger partial charge in [0.1, 0.15) is 26.6 Å². The molecule has 5 rings (SSSR count). The van der Waals surface area contributed by atoms with Crippen LogP contribution in [0.2, 0.25) is 5.15 Å². The number of carbonyl (C=O) groups excluding carboxylic acids is 2. The minimum absolute atomic E-state index is 0.0760.